The third-order valence-corrected chi connectivity index (χ3v) is 1.64. The van der Waals surface area contributed by atoms with E-state index in [0.29, 0.717) is 5.57 Å². The number of carbonyl (C=O) groups is 2. The summed E-state index contributed by atoms with van der Waals surface area (Å²) in [7, 11) is 0. The van der Waals surface area contributed by atoms with Crippen LogP contribution in [0.3, 0.4) is 0 Å². The summed E-state index contributed by atoms with van der Waals surface area (Å²) in [5.74, 6) is 1.84. The molecule has 0 aliphatic carbocycles. The van der Waals surface area contributed by atoms with Crippen LogP contribution in [0, 0.1) is 12.3 Å². The van der Waals surface area contributed by atoms with Gasteiger partial charge in [-0.05, 0) is 39.3 Å². The van der Waals surface area contributed by atoms with E-state index in [1.165, 1.54) is 0 Å². The zero-order valence-electron chi connectivity index (χ0n) is 11.2. The minimum Gasteiger partial charge on any atom is -0.460 e. The highest BCUT2D eigenvalue weighted by Gasteiger charge is 2.16. The Kier molecular flexibility index (Phi) is 6.58. The van der Waals surface area contributed by atoms with Crippen molar-refractivity contribution < 1.29 is 19.1 Å². The van der Waals surface area contributed by atoms with Gasteiger partial charge in [-0.2, -0.15) is 0 Å². The number of ether oxygens (including phenoxy) is 2. The summed E-state index contributed by atoms with van der Waals surface area (Å²) in [6.45, 7) is 6.78. The van der Waals surface area contributed by atoms with Crippen LogP contribution in [0.15, 0.2) is 11.6 Å². The molecule has 0 bridgehead atoms. The van der Waals surface area contributed by atoms with E-state index in [2.05, 4.69) is 11.2 Å². The molecule has 0 saturated heterocycles. The van der Waals surface area contributed by atoms with Gasteiger partial charge in [0.1, 0.15) is 18.8 Å². The maximum atomic E-state index is 11.2. The third kappa shape index (κ3) is 9.28. The number of alkyl carbamates (subject to hydrolysis) is 1. The average Bonchev–Trinajstić information content (AvgIpc) is 2.23. The van der Waals surface area contributed by atoms with E-state index in [1.54, 1.807) is 33.8 Å². The van der Waals surface area contributed by atoms with Crippen LogP contribution in [0.4, 0.5) is 4.79 Å². The van der Waals surface area contributed by atoms with Gasteiger partial charge in [-0.25, -0.2) is 4.79 Å². The second-order valence-electron chi connectivity index (χ2n) is 4.57. The predicted molar refractivity (Wildman–Crippen MR) is 67.8 cm³/mol. The maximum Gasteiger partial charge on any atom is 0.408 e. The fourth-order valence-corrected chi connectivity index (χ4v) is 0.828. The van der Waals surface area contributed by atoms with Gasteiger partial charge in [-0.1, -0.05) is 5.92 Å². The van der Waals surface area contributed by atoms with E-state index in [-0.39, 0.29) is 13.2 Å². The lowest BCUT2D eigenvalue weighted by atomic mass is 10.2. The van der Waals surface area contributed by atoms with Crippen LogP contribution in [0.1, 0.15) is 27.7 Å². The Morgan fingerprint density at radius 3 is 2.50 bits per heavy atom. The molecule has 1 N–H and O–H groups in total. The fourth-order valence-electron chi connectivity index (χ4n) is 0.828. The van der Waals surface area contributed by atoms with Crippen LogP contribution in [0.2, 0.25) is 0 Å². The van der Waals surface area contributed by atoms with Crippen molar-refractivity contribution in [2.45, 2.75) is 33.3 Å². The Bertz CT molecular complexity index is 371. The van der Waals surface area contributed by atoms with Gasteiger partial charge in [0.05, 0.1) is 0 Å². The molecule has 0 spiro atoms. The molecule has 5 heteroatoms. The minimum atomic E-state index is -0.658. The van der Waals surface area contributed by atoms with Crippen molar-refractivity contribution in [3.05, 3.63) is 11.6 Å². The molecule has 0 aliphatic rings. The first-order chi connectivity index (χ1) is 8.24. The second kappa shape index (κ2) is 7.38. The molecule has 0 saturated carbocycles. The lowest BCUT2D eigenvalue weighted by Gasteiger charge is -2.19. The predicted octanol–water partition coefficient (Wildman–Crippen LogP) is 1.63. The first-order valence-electron chi connectivity index (χ1n) is 5.50. The number of carbonyl (C=O) groups excluding carboxylic acids is 2. The molecule has 0 radical (unpaired) electrons. The Morgan fingerprint density at radius 2 is 2.00 bits per heavy atom. The zero-order chi connectivity index (χ0) is 14.2. The van der Waals surface area contributed by atoms with Crippen molar-refractivity contribution in [2.24, 2.45) is 0 Å². The molecule has 0 aromatic rings. The van der Waals surface area contributed by atoms with Gasteiger partial charge in [0.15, 0.2) is 0 Å². The van der Waals surface area contributed by atoms with Crippen molar-refractivity contribution >= 4 is 12.1 Å². The number of hydrogen-bond acceptors (Lipinski definition) is 4. The van der Waals surface area contributed by atoms with Crippen LogP contribution in [-0.4, -0.2) is 30.8 Å². The summed E-state index contributed by atoms with van der Waals surface area (Å²) in [6, 6.07) is 0. The topological polar surface area (TPSA) is 64.6 Å². The quantitative estimate of drug-likeness (QED) is 0.611. The normalized spacial score (nSPS) is 11.4. The highest BCUT2D eigenvalue weighted by molar-refractivity contribution is 5.78. The molecule has 0 fully saturated rings. The SMILES string of the molecule is C#C/C(C)=C/COC(=O)CNC(=O)OC(C)(C)C. The Hall–Kier alpha value is -1.96. The van der Waals surface area contributed by atoms with Crippen LogP contribution < -0.4 is 5.32 Å². The van der Waals surface area contributed by atoms with Crippen molar-refractivity contribution in [3.8, 4) is 12.3 Å². The summed E-state index contributed by atoms with van der Waals surface area (Å²) >= 11 is 0. The Balaban J connectivity index is 3.85. The smallest absolute Gasteiger partial charge is 0.408 e. The van der Waals surface area contributed by atoms with Gasteiger partial charge in [0.25, 0.3) is 0 Å². The van der Waals surface area contributed by atoms with Gasteiger partial charge in [0.2, 0.25) is 0 Å². The number of esters is 1. The number of hydrogen-bond donors (Lipinski definition) is 1. The molecule has 0 aromatic carbocycles. The third-order valence-electron chi connectivity index (χ3n) is 1.64. The van der Waals surface area contributed by atoms with Gasteiger partial charge < -0.3 is 14.8 Å². The van der Waals surface area contributed by atoms with Crippen LogP contribution >= 0.6 is 0 Å². The van der Waals surface area contributed by atoms with Crippen LogP contribution in [-0.2, 0) is 14.3 Å². The highest BCUT2D eigenvalue weighted by Crippen LogP contribution is 2.06. The summed E-state index contributed by atoms with van der Waals surface area (Å²) < 4.78 is 9.77. The summed E-state index contributed by atoms with van der Waals surface area (Å²) in [5.41, 5.74) is 0.0866. The standard InChI is InChI=1S/C13H19NO4/c1-6-10(2)7-8-17-11(15)9-14-12(16)18-13(3,4)5/h1,7H,8-9H2,2-5H3,(H,14,16)/b10-7+. The molecule has 18 heavy (non-hydrogen) atoms. The summed E-state index contributed by atoms with van der Waals surface area (Å²) in [4.78, 5) is 22.4. The van der Waals surface area contributed by atoms with Crippen molar-refractivity contribution in [2.75, 3.05) is 13.2 Å². The lowest BCUT2D eigenvalue weighted by molar-refractivity contribution is -0.141. The molecule has 0 atom stereocenters. The maximum absolute atomic E-state index is 11.2. The largest absolute Gasteiger partial charge is 0.460 e. The van der Waals surface area contributed by atoms with Gasteiger partial charge in [0, 0.05) is 0 Å². The van der Waals surface area contributed by atoms with E-state index >= 15 is 0 Å². The van der Waals surface area contributed by atoms with Gasteiger partial charge in [-0.3, -0.25) is 4.79 Å². The molecule has 0 heterocycles. The van der Waals surface area contributed by atoms with E-state index in [9.17, 15) is 9.59 Å². The number of nitrogens with one attached hydrogen (secondary N) is 1. The molecule has 5 nitrogen and oxygen atoms in total. The first kappa shape index (κ1) is 16.0. The number of rotatable bonds is 4. The highest BCUT2D eigenvalue weighted by atomic mass is 16.6. The van der Waals surface area contributed by atoms with Crippen molar-refractivity contribution in [1.82, 2.24) is 5.32 Å². The number of amides is 1. The van der Waals surface area contributed by atoms with Crippen molar-refractivity contribution in [3.63, 3.8) is 0 Å². The summed E-state index contributed by atoms with van der Waals surface area (Å²) in [5, 5.41) is 2.29. The number of allylic oxidation sites excluding steroid dienone is 1. The minimum absolute atomic E-state index is 0.0882. The fraction of sp³-hybridized carbons (Fsp3) is 0.538. The molecule has 0 unspecified atom stereocenters. The second-order valence-corrected chi connectivity index (χ2v) is 4.57. The molecular formula is C13H19NO4. The van der Waals surface area contributed by atoms with Gasteiger partial charge >= 0.3 is 12.1 Å². The zero-order valence-corrected chi connectivity index (χ0v) is 11.2. The Labute approximate surface area is 108 Å². The average molecular weight is 253 g/mol. The lowest BCUT2D eigenvalue weighted by Crippen LogP contribution is -2.36. The van der Waals surface area contributed by atoms with Crippen LogP contribution in [0.5, 0.6) is 0 Å². The van der Waals surface area contributed by atoms with E-state index in [1.807, 2.05) is 0 Å². The molecule has 0 aliphatic heterocycles. The van der Waals surface area contributed by atoms with E-state index in [4.69, 9.17) is 15.9 Å². The molecule has 0 rings (SSSR count). The molecule has 1 amide bonds. The first-order valence-corrected chi connectivity index (χ1v) is 5.50. The van der Waals surface area contributed by atoms with E-state index < -0.39 is 17.7 Å². The van der Waals surface area contributed by atoms with Crippen LogP contribution in [0.25, 0.3) is 0 Å². The molecular weight excluding hydrogens is 234 g/mol. The van der Waals surface area contributed by atoms with Gasteiger partial charge in [-0.15, -0.1) is 6.42 Å². The Morgan fingerprint density at radius 1 is 1.39 bits per heavy atom. The summed E-state index contributed by atoms with van der Waals surface area (Å²) in [6.07, 6.45) is 6.06. The number of terminal acetylenes is 1. The van der Waals surface area contributed by atoms with Crippen molar-refractivity contribution in [1.29, 1.82) is 0 Å². The molecule has 0 aromatic heterocycles. The molecule has 100 valence electrons. The van der Waals surface area contributed by atoms with E-state index in [0.717, 1.165) is 0 Å². The monoisotopic (exact) mass is 253 g/mol.